The van der Waals surface area contributed by atoms with Gasteiger partial charge in [-0.15, -0.1) is 0 Å². The second-order valence-corrected chi connectivity index (χ2v) is 6.57. The zero-order valence-corrected chi connectivity index (χ0v) is 15.2. The quantitative estimate of drug-likeness (QED) is 0.711. The number of ether oxygens (including phenoxy) is 2. The maximum Gasteiger partial charge on any atom is 0.278 e. The molecule has 2 aromatic carbocycles. The topological polar surface area (TPSA) is 64.6 Å². The van der Waals surface area contributed by atoms with Crippen LogP contribution >= 0.6 is 0 Å². The molecule has 4 rings (SSSR count). The third-order valence-electron chi connectivity index (χ3n) is 4.77. The van der Waals surface area contributed by atoms with E-state index in [1.165, 1.54) is 7.11 Å². The molecule has 6 heteroatoms. The molecule has 1 saturated heterocycles. The second kappa shape index (κ2) is 7.61. The lowest BCUT2D eigenvalue weighted by atomic mass is 10.0. The minimum absolute atomic E-state index is 0.0279. The zero-order chi connectivity index (χ0) is 18.6. The Morgan fingerprint density at radius 2 is 1.85 bits per heavy atom. The van der Waals surface area contributed by atoms with E-state index in [0.29, 0.717) is 23.9 Å². The summed E-state index contributed by atoms with van der Waals surface area (Å²) in [5.41, 5.74) is 0.700. The molecule has 0 radical (unpaired) electrons. The molecule has 138 valence electrons. The van der Waals surface area contributed by atoms with Gasteiger partial charge in [0, 0.05) is 24.5 Å². The number of piperidine rings is 1. The molecule has 0 N–H and O–H groups in total. The lowest BCUT2D eigenvalue weighted by Gasteiger charge is -2.32. The number of aromatic nitrogens is 2. The monoisotopic (exact) mass is 363 g/mol. The van der Waals surface area contributed by atoms with Crippen molar-refractivity contribution in [3.63, 3.8) is 0 Å². The van der Waals surface area contributed by atoms with Crippen molar-refractivity contribution >= 4 is 16.7 Å². The largest absolute Gasteiger partial charge is 0.477 e. The van der Waals surface area contributed by atoms with Crippen LogP contribution in [0.1, 0.15) is 23.2 Å². The van der Waals surface area contributed by atoms with Gasteiger partial charge in [0.05, 0.1) is 13.7 Å². The van der Waals surface area contributed by atoms with Gasteiger partial charge in [0.25, 0.3) is 17.7 Å². The molecule has 0 bridgehead atoms. The molecule has 3 aromatic rings. The first-order valence-corrected chi connectivity index (χ1v) is 9.04. The van der Waals surface area contributed by atoms with Gasteiger partial charge in [0.15, 0.2) is 0 Å². The number of hydrogen-bond acceptors (Lipinski definition) is 5. The molecule has 1 aromatic heterocycles. The van der Waals surface area contributed by atoms with Crippen LogP contribution in [0.2, 0.25) is 0 Å². The Kier molecular flexibility index (Phi) is 4.87. The van der Waals surface area contributed by atoms with E-state index < -0.39 is 0 Å². The van der Waals surface area contributed by atoms with Gasteiger partial charge in [-0.3, -0.25) is 4.79 Å². The van der Waals surface area contributed by atoms with Crippen LogP contribution in [0, 0.1) is 0 Å². The van der Waals surface area contributed by atoms with Crippen molar-refractivity contribution in [2.24, 2.45) is 0 Å². The van der Waals surface area contributed by atoms with E-state index in [0.717, 1.165) is 30.2 Å². The maximum absolute atomic E-state index is 13.0. The molecule has 1 fully saturated rings. The minimum atomic E-state index is -0.131. The molecule has 6 nitrogen and oxygen atoms in total. The smallest absolute Gasteiger partial charge is 0.278 e. The number of fused-ring (bicyclic) bond motifs is 1. The van der Waals surface area contributed by atoms with Gasteiger partial charge in [0.1, 0.15) is 6.10 Å². The third-order valence-corrected chi connectivity index (χ3v) is 4.77. The highest BCUT2D eigenvalue weighted by Gasteiger charge is 2.27. The fourth-order valence-corrected chi connectivity index (χ4v) is 3.41. The van der Waals surface area contributed by atoms with Gasteiger partial charge in [0.2, 0.25) is 0 Å². The van der Waals surface area contributed by atoms with E-state index in [1.54, 1.807) is 12.4 Å². The highest BCUT2D eigenvalue weighted by molar-refractivity contribution is 5.98. The first kappa shape index (κ1) is 17.3. The third kappa shape index (κ3) is 3.69. The Labute approximate surface area is 157 Å². The number of hydrogen-bond donors (Lipinski definition) is 0. The van der Waals surface area contributed by atoms with Crippen LogP contribution in [-0.2, 0) is 0 Å². The minimum Gasteiger partial charge on any atom is -0.477 e. The van der Waals surface area contributed by atoms with E-state index >= 15 is 0 Å². The van der Waals surface area contributed by atoms with Gasteiger partial charge in [-0.05, 0) is 35.7 Å². The summed E-state index contributed by atoms with van der Waals surface area (Å²) < 4.78 is 11.2. The summed E-state index contributed by atoms with van der Waals surface area (Å²) >= 11 is 0. The number of nitrogens with zero attached hydrogens (tertiary/aromatic N) is 3. The summed E-state index contributed by atoms with van der Waals surface area (Å²) in [6, 6.07) is 13.9. The maximum atomic E-state index is 13.0. The summed E-state index contributed by atoms with van der Waals surface area (Å²) in [6.07, 6.45) is 4.74. The molecule has 27 heavy (non-hydrogen) atoms. The molecule has 2 heterocycles. The van der Waals surface area contributed by atoms with Crippen LogP contribution < -0.4 is 9.47 Å². The van der Waals surface area contributed by atoms with Gasteiger partial charge in [-0.1, -0.05) is 30.3 Å². The highest BCUT2D eigenvalue weighted by Crippen LogP contribution is 2.25. The molecule has 1 atom stereocenters. The van der Waals surface area contributed by atoms with Crippen molar-refractivity contribution < 1.29 is 14.3 Å². The fourth-order valence-electron chi connectivity index (χ4n) is 3.41. The zero-order valence-electron chi connectivity index (χ0n) is 15.2. The van der Waals surface area contributed by atoms with Gasteiger partial charge in [-0.2, -0.15) is 0 Å². The van der Waals surface area contributed by atoms with Crippen molar-refractivity contribution in [2.45, 2.75) is 18.9 Å². The van der Waals surface area contributed by atoms with Crippen LogP contribution in [0.25, 0.3) is 10.8 Å². The average Bonchev–Trinajstić information content (AvgIpc) is 2.73. The molecule has 0 spiro atoms. The van der Waals surface area contributed by atoms with E-state index in [-0.39, 0.29) is 12.0 Å². The Bertz CT molecular complexity index is 960. The Morgan fingerprint density at radius 3 is 2.67 bits per heavy atom. The highest BCUT2D eigenvalue weighted by atomic mass is 16.5. The van der Waals surface area contributed by atoms with E-state index in [2.05, 4.69) is 9.97 Å². The normalized spacial score (nSPS) is 16.9. The van der Waals surface area contributed by atoms with Crippen LogP contribution in [0.3, 0.4) is 0 Å². The molecule has 1 aliphatic heterocycles. The lowest BCUT2D eigenvalue weighted by molar-refractivity contribution is 0.0519. The Balaban J connectivity index is 1.49. The summed E-state index contributed by atoms with van der Waals surface area (Å²) in [5, 5.41) is 2.20. The number of carbonyl (C=O) groups excluding carboxylic acids is 1. The standard InChI is InChI=1S/C21H21N3O3/c1-26-19-20(23-11-10-22-19)27-18-7-4-12-24(14-18)21(25)17-9-8-15-5-2-3-6-16(15)13-17/h2-3,5-6,8-11,13,18H,4,7,12,14H2,1H3. The first-order valence-electron chi connectivity index (χ1n) is 9.04. The summed E-state index contributed by atoms with van der Waals surface area (Å²) in [4.78, 5) is 23.1. The molecular formula is C21H21N3O3. The summed E-state index contributed by atoms with van der Waals surface area (Å²) in [6.45, 7) is 1.24. The van der Waals surface area contributed by atoms with E-state index in [9.17, 15) is 4.79 Å². The number of amides is 1. The Morgan fingerprint density at radius 1 is 1.07 bits per heavy atom. The van der Waals surface area contributed by atoms with Gasteiger partial charge < -0.3 is 14.4 Å². The molecule has 0 saturated carbocycles. The predicted octanol–water partition coefficient (Wildman–Crippen LogP) is 3.32. The fraction of sp³-hybridized carbons (Fsp3) is 0.286. The van der Waals surface area contributed by atoms with Crippen LogP contribution in [0.15, 0.2) is 54.9 Å². The SMILES string of the molecule is COc1nccnc1OC1CCCN(C(=O)c2ccc3ccccc3c2)C1. The van der Waals surface area contributed by atoms with Crippen molar-refractivity contribution in [1.29, 1.82) is 0 Å². The lowest BCUT2D eigenvalue weighted by Crippen LogP contribution is -2.44. The summed E-state index contributed by atoms with van der Waals surface area (Å²) in [5.74, 6) is 0.751. The number of methoxy groups -OCH3 is 1. The molecule has 1 aliphatic rings. The predicted molar refractivity (Wildman–Crippen MR) is 102 cm³/mol. The van der Waals surface area contributed by atoms with Gasteiger partial charge in [-0.25, -0.2) is 9.97 Å². The number of carbonyl (C=O) groups is 1. The van der Waals surface area contributed by atoms with Gasteiger partial charge >= 0.3 is 0 Å². The van der Waals surface area contributed by atoms with Crippen molar-refractivity contribution in [1.82, 2.24) is 14.9 Å². The van der Waals surface area contributed by atoms with Crippen LogP contribution in [0.5, 0.6) is 11.8 Å². The number of benzene rings is 2. The Hall–Kier alpha value is -3.15. The van der Waals surface area contributed by atoms with Crippen molar-refractivity contribution in [2.75, 3.05) is 20.2 Å². The number of rotatable bonds is 4. The van der Waals surface area contributed by atoms with Crippen LogP contribution in [0.4, 0.5) is 0 Å². The first-order chi connectivity index (χ1) is 13.2. The molecule has 1 amide bonds. The molecule has 1 unspecified atom stereocenters. The second-order valence-electron chi connectivity index (χ2n) is 6.57. The van der Waals surface area contributed by atoms with E-state index in [1.807, 2.05) is 47.4 Å². The van der Waals surface area contributed by atoms with E-state index in [4.69, 9.17) is 9.47 Å². The molecule has 0 aliphatic carbocycles. The van der Waals surface area contributed by atoms with Crippen molar-refractivity contribution in [3.8, 4) is 11.8 Å². The van der Waals surface area contributed by atoms with Crippen LogP contribution in [-0.4, -0.2) is 47.1 Å². The van der Waals surface area contributed by atoms with Crippen molar-refractivity contribution in [3.05, 3.63) is 60.4 Å². The summed E-state index contributed by atoms with van der Waals surface area (Å²) in [7, 11) is 1.54. The number of likely N-dealkylation sites (tertiary alicyclic amines) is 1. The average molecular weight is 363 g/mol. The molecular weight excluding hydrogens is 342 g/mol.